The fourth-order valence-corrected chi connectivity index (χ4v) is 2.80. The first-order chi connectivity index (χ1) is 8.27. The third kappa shape index (κ3) is 3.68. The zero-order chi connectivity index (χ0) is 12.1. The van der Waals surface area contributed by atoms with E-state index in [4.69, 9.17) is 0 Å². The van der Waals surface area contributed by atoms with Gasteiger partial charge in [0.25, 0.3) is 0 Å². The van der Waals surface area contributed by atoms with Crippen LogP contribution in [0.25, 0.3) is 0 Å². The van der Waals surface area contributed by atoms with E-state index < -0.39 is 0 Å². The van der Waals surface area contributed by atoms with Gasteiger partial charge in [-0.05, 0) is 19.8 Å². The van der Waals surface area contributed by atoms with E-state index in [1.54, 1.807) is 0 Å². The number of nitrogens with zero attached hydrogens (tertiary/aromatic N) is 1. The first-order valence-corrected chi connectivity index (χ1v) is 7.02. The van der Waals surface area contributed by atoms with Gasteiger partial charge in [-0.2, -0.15) is 0 Å². The van der Waals surface area contributed by atoms with Crippen molar-refractivity contribution in [2.75, 3.05) is 26.2 Å². The molecule has 1 aliphatic heterocycles. The molecule has 17 heavy (non-hydrogen) atoms. The molecule has 2 rings (SSSR count). The predicted molar refractivity (Wildman–Crippen MR) is 68.9 cm³/mol. The lowest BCUT2D eigenvalue weighted by Crippen LogP contribution is -2.54. The third-order valence-corrected chi connectivity index (χ3v) is 4.03. The van der Waals surface area contributed by atoms with Crippen molar-refractivity contribution in [1.82, 2.24) is 15.5 Å². The van der Waals surface area contributed by atoms with Gasteiger partial charge >= 0.3 is 0 Å². The van der Waals surface area contributed by atoms with Gasteiger partial charge in [0.05, 0.1) is 6.04 Å². The summed E-state index contributed by atoms with van der Waals surface area (Å²) in [6.07, 6.45) is 6.21. The third-order valence-electron chi connectivity index (χ3n) is 4.03. The first-order valence-electron chi connectivity index (χ1n) is 7.02. The molecule has 2 aliphatic rings. The molecule has 98 valence electrons. The highest BCUT2D eigenvalue weighted by Crippen LogP contribution is 2.17. The van der Waals surface area contributed by atoms with Gasteiger partial charge in [-0.3, -0.25) is 9.69 Å². The Hall–Kier alpha value is -0.610. The molecule has 0 aromatic heterocycles. The largest absolute Gasteiger partial charge is 0.352 e. The Bertz CT molecular complexity index is 245. The zero-order valence-corrected chi connectivity index (χ0v) is 10.9. The van der Waals surface area contributed by atoms with Crippen LogP contribution >= 0.6 is 0 Å². The Balaban J connectivity index is 1.77. The number of rotatable bonds is 3. The first kappa shape index (κ1) is 12.8. The van der Waals surface area contributed by atoms with Crippen molar-refractivity contribution < 1.29 is 4.79 Å². The number of nitrogens with one attached hydrogen (secondary N) is 2. The summed E-state index contributed by atoms with van der Waals surface area (Å²) in [6, 6.07) is 0.459. The van der Waals surface area contributed by atoms with Crippen LogP contribution in [0.2, 0.25) is 0 Å². The zero-order valence-electron chi connectivity index (χ0n) is 10.9. The molecule has 2 fully saturated rings. The second-order valence-electron chi connectivity index (χ2n) is 5.31. The Labute approximate surface area is 104 Å². The molecule has 1 aliphatic carbocycles. The Morgan fingerprint density at radius 2 is 1.88 bits per heavy atom. The highest BCUT2D eigenvalue weighted by molar-refractivity contribution is 5.81. The Morgan fingerprint density at radius 1 is 1.24 bits per heavy atom. The topological polar surface area (TPSA) is 44.4 Å². The number of piperazine rings is 1. The second-order valence-corrected chi connectivity index (χ2v) is 5.31. The smallest absolute Gasteiger partial charge is 0.237 e. The molecule has 1 heterocycles. The van der Waals surface area contributed by atoms with Crippen molar-refractivity contribution >= 4 is 5.91 Å². The van der Waals surface area contributed by atoms with Crippen LogP contribution in [0.15, 0.2) is 0 Å². The van der Waals surface area contributed by atoms with E-state index in [1.165, 1.54) is 32.1 Å². The van der Waals surface area contributed by atoms with Gasteiger partial charge in [0.15, 0.2) is 0 Å². The summed E-state index contributed by atoms with van der Waals surface area (Å²) in [5.41, 5.74) is 0. The fourth-order valence-electron chi connectivity index (χ4n) is 2.80. The van der Waals surface area contributed by atoms with Gasteiger partial charge in [0, 0.05) is 32.2 Å². The van der Waals surface area contributed by atoms with Crippen molar-refractivity contribution in [1.29, 1.82) is 0 Å². The number of carbonyl (C=O) groups excluding carboxylic acids is 1. The van der Waals surface area contributed by atoms with Gasteiger partial charge in [0.1, 0.15) is 0 Å². The van der Waals surface area contributed by atoms with Gasteiger partial charge < -0.3 is 10.6 Å². The molecule has 2 N–H and O–H groups in total. The van der Waals surface area contributed by atoms with Crippen LogP contribution in [0.5, 0.6) is 0 Å². The van der Waals surface area contributed by atoms with Gasteiger partial charge in [0.2, 0.25) is 5.91 Å². The molecule has 1 saturated carbocycles. The normalized spacial score (nSPS) is 25.5. The van der Waals surface area contributed by atoms with Gasteiger partial charge in [-0.25, -0.2) is 0 Å². The van der Waals surface area contributed by atoms with Crippen LogP contribution in [0.1, 0.15) is 39.0 Å². The summed E-state index contributed by atoms with van der Waals surface area (Å²) in [5, 5.41) is 6.53. The highest BCUT2D eigenvalue weighted by atomic mass is 16.2. The Kier molecular flexibility index (Phi) is 4.80. The molecule has 0 radical (unpaired) electrons. The van der Waals surface area contributed by atoms with Crippen LogP contribution < -0.4 is 10.6 Å². The van der Waals surface area contributed by atoms with Gasteiger partial charge in [-0.1, -0.05) is 19.3 Å². The summed E-state index contributed by atoms with van der Waals surface area (Å²) >= 11 is 0. The van der Waals surface area contributed by atoms with Crippen molar-refractivity contribution in [3.8, 4) is 0 Å². The van der Waals surface area contributed by atoms with Crippen LogP contribution in [0.4, 0.5) is 0 Å². The summed E-state index contributed by atoms with van der Waals surface area (Å²) in [7, 11) is 0. The number of hydrogen-bond acceptors (Lipinski definition) is 3. The van der Waals surface area contributed by atoms with Crippen molar-refractivity contribution in [3.05, 3.63) is 0 Å². The maximum atomic E-state index is 12.1. The monoisotopic (exact) mass is 239 g/mol. The minimum Gasteiger partial charge on any atom is -0.352 e. The minimum absolute atomic E-state index is 0.0269. The average Bonchev–Trinajstić information content (AvgIpc) is 2.40. The standard InChI is InChI=1S/C13H25N3O/c1-11(16-9-7-14-8-10-16)13(17)15-12-5-3-2-4-6-12/h11-12,14H,2-10H2,1H3,(H,15,17). The maximum absolute atomic E-state index is 12.1. The summed E-state index contributed by atoms with van der Waals surface area (Å²) in [6.45, 7) is 6.00. The number of amides is 1. The molecular weight excluding hydrogens is 214 g/mol. The fraction of sp³-hybridized carbons (Fsp3) is 0.923. The molecule has 1 atom stereocenters. The molecule has 0 aromatic carbocycles. The second kappa shape index (κ2) is 6.36. The number of carbonyl (C=O) groups is 1. The molecule has 1 unspecified atom stereocenters. The lowest BCUT2D eigenvalue weighted by molar-refractivity contribution is -0.127. The van der Waals surface area contributed by atoms with Gasteiger partial charge in [-0.15, -0.1) is 0 Å². The predicted octanol–water partition coefficient (Wildman–Crippen LogP) is 0.729. The summed E-state index contributed by atoms with van der Waals surface area (Å²) in [5.74, 6) is 0.221. The van der Waals surface area contributed by atoms with E-state index in [0.717, 1.165) is 26.2 Å². The van der Waals surface area contributed by atoms with Crippen LogP contribution in [-0.4, -0.2) is 49.1 Å². The molecule has 4 nitrogen and oxygen atoms in total. The molecule has 0 spiro atoms. The molecule has 1 amide bonds. The van der Waals surface area contributed by atoms with E-state index in [-0.39, 0.29) is 11.9 Å². The van der Waals surface area contributed by atoms with E-state index in [9.17, 15) is 4.79 Å². The molecule has 0 aromatic rings. The van der Waals surface area contributed by atoms with Crippen molar-refractivity contribution in [2.24, 2.45) is 0 Å². The quantitative estimate of drug-likeness (QED) is 0.763. The van der Waals surface area contributed by atoms with Crippen LogP contribution in [-0.2, 0) is 4.79 Å². The average molecular weight is 239 g/mol. The minimum atomic E-state index is 0.0269. The number of hydrogen-bond donors (Lipinski definition) is 2. The lowest BCUT2D eigenvalue weighted by Gasteiger charge is -2.33. The van der Waals surface area contributed by atoms with Crippen LogP contribution in [0, 0.1) is 0 Å². The van der Waals surface area contributed by atoms with Crippen molar-refractivity contribution in [2.45, 2.75) is 51.1 Å². The van der Waals surface area contributed by atoms with E-state index in [2.05, 4.69) is 15.5 Å². The molecular formula is C13H25N3O. The molecule has 4 heteroatoms. The SMILES string of the molecule is CC(C(=O)NC1CCCCC1)N1CCNCC1. The van der Waals surface area contributed by atoms with E-state index in [1.807, 2.05) is 6.92 Å². The highest BCUT2D eigenvalue weighted by Gasteiger charge is 2.24. The maximum Gasteiger partial charge on any atom is 0.237 e. The van der Waals surface area contributed by atoms with E-state index in [0.29, 0.717) is 6.04 Å². The summed E-state index contributed by atoms with van der Waals surface area (Å²) < 4.78 is 0. The molecule has 0 bridgehead atoms. The summed E-state index contributed by atoms with van der Waals surface area (Å²) in [4.78, 5) is 14.4. The molecule has 1 saturated heterocycles. The van der Waals surface area contributed by atoms with Crippen molar-refractivity contribution in [3.63, 3.8) is 0 Å². The van der Waals surface area contributed by atoms with E-state index >= 15 is 0 Å². The van der Waals surface area contributed by atoms with Crippen LogP contribution in [0.3, 0.4) is 0 Å². The Morgan fingerprint density at radius 3 is 2.53 bits per heavy atom. The lowest BCUT2D eigenvalue weighted by atomic mass is 9.95.